The van der Waals surface area contributed by atoms with Crippen molar-refractivity contribution in [3.63, 3.8) is 0 Å². The maximum Gasteiger partial charge on any atom is 0.234 e. The number of rotatable bonds is 8. The molecule has 7 nitrogen and oxygen atoms in total. The zero-order valence-corrected chi connectivity index (χ0v) is 16.7. The van der Waals surface area contributed by atoms with Crippen LogP contribution in [0.3, 0.4) is 0 Å². The maximum absolute atomic E-state index is 12.3. The first kappa shape index (κ1) is 19.6. The highest BCUT2D eigenvalue weighted by Gasteiger charge is 2.13. The average molecular weight is 399 g/mol. The van der Waals surface area contributed by atoms with E-state index in [1.807, 2.05) is 41.1 Å². The van der Waals surface area contributed by atoms with Crippen LogP contribution in [0.4, 0.5) is 5.69 Å². The van der Waals surface area contributed by atoms with Crippen molar-refractivity contribution in [2.45, 2.75) is 5.16 Å². The van der Waals surface area contributed by atoms with Crippen molar-refractivity contribution in [2.75, 3.05) is 32.4 Å². The number of nitrogens with zero attached hydrogens (tertiary/aromatic N) is 2. The molecule has 0 aliphatic heterocycles. The summed E-state index contributed by atoms with van der Waals surface area (Å²) in [5.74, 6) is 2.13. The number of imidazole rings is 1. The van der Waals surface area contributed by atoms with Crippen molar-refractivity contribution < 1.29 is 19.0 Å². The van der Waals surface area contributed by atoms with E-state index in [9.17, 15) is 4.79 Å². The monoisotopic (exact) mass is 399 g/mol. The van der Waals surface area contributed by atoms with Gasteiger partial charge in [0.15, 0.2) is 5.16 Å². The number of nitrogens with one attached hydrogen (secondary N) is 1. The molecule has 1 aromatic heterocycles. The van der Waals surface area contributed by atoms with Crippen LogP contribution in [0.25, 0.3) is 5.69 Å². The summed E-state index contributed by atoms with van der Waals surface area (Å²) in [6.45, 7) is 0. The molecular weight excluding hydrogens is 378 g/mol. The van der Waals surface area contributed by atoms with Gasteiger partial charge in [-0.15, -0.1) is 0 Å². The lowest BCUT2D eigenvalue weighted by Gasteiger charge is -2.13. The second-order valence-electron chi connectivity index (χ2n) is 5.69. The third-order valence-corrected chi connectivity index (χ3v) is 4.91. The molecular formula is C20H21N3O4S. The zero-order valence-electron chi connectivity index (χ0n) is 15.8. The van der Waals surface area contributed by atoms with Crippen LogP contribution in [0.5, 0.6) is 17.2 Å². The smallest absolute Gasteiger partial charge is 0.234 e. The largest absolute Gasteiger partial charge is 0.497 e. The molecule has 0 unspecified atom stereocenters. The minimum absolute atomic E-state index is 0.130. The van der Waals surface area contributed by atoms with Crippen molar-refractivity contribution in [2.24, 2.45) is 0 Å². The molecule has 0 saturated heterocycles. The van der Waals surface area contributed by atoms with Gasteiger partial charge in [-0.1, -0.05) is 17.8 Å². The van der Waals surface area contributed by atoms with E-state index in [0.717, 1.165) is 5.69 Å². The van der Waals surface area contributed by atoms with Gasteiger partial charge in [0.1, 0.15) is 17.2 Å². The molecule has 2 aromatic carbocycles. The number of anilines is 1. The van der Waals surface area contributed by atoms with E-state index < -0.39 is 0 Å². The van der Waals surface area contributed by atoms with Crippen LogP contribution < -0.4 is 19.5 Å². The minimum Gasteiger partial charge on any atom is -0.497 e. The SMILES string of the molecule is COc1cccc(NC(=O)CSc2nccn2-c2ccc(OC)cc2OC)c1. The molecule has 146 valence electrons. The summed E-state index contributed by atoms with van der Waals surface area (Å²) in [6.07, 6.45) is 3.51. The average Bonchev–Trinajstić information content (AvgIpc) is 3.20. The highest BCUT2D eigenvalue weighted by molar-refractivity contribution is 7.99. The molecule has 0 fully saturated rings. The summed E-state index contributed by atoms with van der Waals surface area (Å²) < 4.78 is 17.7. The number of carbonyl (C=O) groups is 1. The van der Waals surface area contributed by atoms with Crippen LogP contribution in [0, 0.1) is 0 Å². The number of amides is 1. The number of hydrogen-bond acceptors (Lipinski definition) is 6. The van der Waals surface area contributed by atoms with Crippen molar-refractivity contribution in [1.82, 2.24) is 9.55 Å². The Hall–Kier alpha value is -3.13. The Morgan fingerprint density at radius 3 is 2.61 bits per heavy atom. The van der Waals surface area contributed by atoms with Gasteiger partial charge < -0.3 is 19.5 Å². The summed E-state index contributed by atoms with van der Waals surface area (Å²) in [4.78, 5) is 16.7. The Balaban J connectivity index is 1.70. The van der Waals surface area contributed by atoms with Gasteiger partial charge in [0, 0.05) is 30.2 Å². The molecule has 28 heavy (non-hydrogen) atoms. The van der Waals surface area contributed by atoms with Crippen molar-refractivity contribution in [3.8, 4) is 22.9 Å². The number of ether oxygens (including phenoxy) is 3. The standard InChI is InChI=1S/C20H21N3O4S/c1-25-15-6-4-5-14(11-15)22-19(24)13-28-20-21-9-10-23(20)17-8-7-16(26-2)12-18(17)27-3/h4-12H,13H2,1-3H3,(H,22,24). The number of thioether (sulfide) groups is 1. The highest BCUT2D eigenvalue weighted by atomic mass is 32.2. The Morgan fingerprint density at radius 1 is 1.07 bits per heavy atom. The van der Waals surface area contributed by atoms with Gasteiger partial charge in [0.05, 0.1) is 32.8 Å². The maximum atomic E-state index is 12.3. The molecule has 0 atom stereocenters. The van der Waals surface area contributed by atoms with E-state index >= 15 is 0 Å². The Bertz CT molecular complexity index is 958. The van der Waals surface area contributed by atoms with Gasteiger partial charge in [-0.2, -0.15) is 0 Å². The van der Waals surface area contributed by atoms with E-state index in [2.05, 4.69) is 10.3 Å². The summed E-state index contributed by atoms with van der Waals surface area (Å²) in [6, 6.07) is 12.8. The molecule has 3 aromatic rings. The number of benzene rings is 2. The lowest BCUT2D eigenvalue weighted by molar-refractivity contribution is -0.113. The van der Waals surface area contributed by atoms with E-state index in [0.29, 0.717) is 28.1 Å². The van der Waals surface area contributed by atoms with E-state index in [4.69, 9.17) is 14.2 Å². The fraction of sp³-hybridized carbons (Fsp3) is 0.200. The summed E-state index contributed by atoms with van der Waals surface area (Å²) >= 11 is 1.34. The minimum atomic E-state index is -0.130. The van der Waals surface area contributed by atoms with Crippen molar-refractivity contribution in [3.05, 3.63) is 54.9 Å². The van der Waals surface area contributed by atoms with Gasteiger partial charge in [-0.25, -0.2) is 4.98 Å². The van der Waals surface area contributed by atoms with Crippen molar-refractivity contribution >= 4 is 23.4 Å². The number of aromatic nitrogens is 2. The number of hydrogen-bond donors (Lipinski definition) is 1. The van der Waals surface area contributed by atoms with Gasteiger partial charge >= 0.3 is 0 Å². The topological polar surface area (TPSA) is 74.6 Å². The Labute approximate surface area is 167 Å². The van der Waals surface area contributed by atoms with E-state index in [1.54, 1.807) is 39.7 Å². The van der Waals surface area contributed by atoms with Gasteiger partial charge in [-0.3, -0.25) is 9.36 Å². The third kappa shape index (κ3) is 4.58. The molecule has 0 aliphatic rings. The molecule has 3 rings (SSSR count). The lowest BCUT2D eigenvalue weighted by atomic mass is 10.2. The van der Waals surface area contributed by atoms with Crippen LogP contribution >= 0.6 is 11.8 Å². The summed E-state index contributed by atoms with van der Waals surface area (Å²) in [5.41, 5.74) is 1.50. The van der Waals surface area contributed by atoms with Crippen LogP contribution in [0.15, 0.2) is 60.0 Å². The van der Waals surface area contributed by atoms with E-state index in [-0.39, 0.29) is 11.7 Å². The third-order valence-electron chi connectivity index (χ3n) is 3.94. The molecule has 8 heteroatoms. The summed E-state index contributed by atoms with van der Waals surface area (Å²) in [5, 5.41) is 3.54. The first-order chi connectivity index (χ1) is 13.6. The second-order valence-corrected chi connectivity index (χ2v) is 6.63. The Morgan fingerprint density at radius 2 is 1.86 bits per heavy atom. The first-order valence-corrected chi connectivity index (χ1v) is 9.45. The van der Waals surface area contributed by atoms with Crippen LogP contribution in [-0.2, 0) is 4.79 Å². The zero-order chi connectivity index (χ0) is 19.9. The van der Waals surface area contributed by atoms with Crippen LogP contribution in [0.2, 0.25) is 0 Å². The fourth-order valence-corrected chi connectivity index (χ4v) is 3.36. The fourth-order valence-electron chi connectivity index (χ4n) is 2.59. The van der Waals surface area contributed by atoms with Gasteiger partial charge in [-0.05, 0) is 24.3 Å². The Kier molecular flexibility index (Phi) is 6.44. The molecule has 0 spiro atoms. The second kappa shape index (κ2) is 9.18. The number of carbonyl (C=O) groups excluding carboxylic acids is 1. The van der Waals surface area contributed by atoms with Crippen molar-refractivity contribution in [1.29, 1.82) is 0 Å². The molecule has 0 saturated carbocycles. The van der Waals surface area contributed by atoms with Crippen LogP contribution in [0.1, 0.15) is 0 Å². The lowest BCUT2D eigenvalue weighted by Crippen LogP contribution is -2.14. The molecule has 0 bridgehead atoms. The predicted molar refractivity (Wildman–Crippen MR) is 109 cm³/mol. The molecule has 0 aliphatic carbocycles. The summed E-state index contributed by atoms with van der Waals surface area (Å²) in [7, 11) is 4.79. The predicted octanol–water partition coefficient (Wildman–Crippen LogP) is 3.63. The van der Waals surface area contributed by atoms with E-state index in [1.165, 1.54) is 11.8 Å². The molecule has 1 amide bonds. The highest BCUT2D eigenvalue weighted by Crippen LogP contribution is 2.31. The number of methoxy groups -OCH3 is 3. The molecule has 1 N–H and O–H groups in total. The van der Waals surface area contributed by atoms with Gasteiger partial charge in [0.2, 0.25) is 5.91 Å². The van der Waals surface area contributed by atoms with Gasteiger partial charge in [0.25, 0.3) is 0 Å². The molecule has 0 radical (unpaired) electrons. The van der Waals surface area contributed by atoms with Crippen LogP contribution in [-0.4, -0.2) is 42.5 Å². The first-order valence-electron chi connectivity index (χ1n) is 8.47. The molecule has 1 heterocycles. The normalized spacial score (nSPS) is 10.4. The quantitative estimate of drug-likeness (QED) is 0.583.